The predicted octanol–water partition coefficient (Wildman–Crippen LogP) is 3.83. The van der Waals surface area contributed by atoms with Crippen LogP contribution in [0.3, 0.4) is 0 Å². The third-order valence-corrected chi connectivity index (χ3v) is 4.51. The number of carbonyl (C=O) groups excluding carboxylic acids is 1. The van der Waals surface area contributed by atoms with Crippen LogP contribution in [0.2, 0.25) is 0 Å². The largest absolute Gasteiger partial charge is 0.493 e. The first kappa shape index (κ1) is 21.6. The molecule has 0 fully saturated rings. The van der Waals surface area contributed by atoms with Gasteiger partial charge in [0.2, 0.25) is 0 Å². The number of carbonyl (C=O) groups is 1. The summed E-state index contributed by atoms with van der Waals surface area (Å²) in [5.41, 5.74) is 7.55. The third-order valence-electron chi connectivity index (χ3n) is 3.89. The highest BCUT2D eigenvalue weighted by Crippen LogP contribution is 2.29. The molecule has 0 atom stereocenters. The second kappa shape index (κ2) is 9.98. The van der Waals surface area contributed by atoms with E-state index in [0.29, 0.717) is 28.7 Å². The number of hydrogen-bond acceptors (Lipinski definition) is 6. The van der Waals surface area contributed by atoms with Gasteiger partial charge in [-0.2, -0.15) is 0 Å². The van der Waals surface area contributed by atoms with Crippen LogP contribution in [0.25, 0.3) is 0 Å². The molecule has 8 heteroatoms. The van der Waals surface area contributed by atoms with Crippen LogP contribution in [-0.2, 0) is 9.63 Å². The van der Waals surface area contributed by atoms with Gasteiger partial charge in [0, 0.05) is 5.56 Å². The van der Waals surface area contributed by atoms with E-state index in [1.54, 1.807) is 24.3 Å². The molecule has 150 valence electrons. The molecule has 0 aliphatic carbocycles. The lowest BCUT2D eigenvalue weighted by Crippen LogP contribution is -2.18. The van der Waals surface area contributed by atoms with E-state index in [1.807, 2.05) is 12.1 Å². The van der Waals surface area contributed by atoms with Gasteiger partial charge in [-0.15, -0.1) is 0 Å². The Bertz CT molecular complexity index is 868. The van der Waals surface area contributed by atoms with Crippen LogP contribution in [0.5, 0.6) is 17.2 Å². The van der Waals surface area contributed by atoms with E-state index in [0.717, 1.165) is 10.0 Å². The highest BCUT2D eigenvalue weighted by atomic mass is 79.9. The van der Waals surface area contributed by atoms with Crippen molar-refractivity contribution in [1.29, 1.82) is 0 Å². The van der Waals surface area contributed by atoms with Crippen LogP contribution in [0, 0.1) is 0 Å². The van der Waals surface area contributed by atoms with E-state index in [4.69, 9.17) is 24.8 Å². The zero-order valence-corrected chi connectivity index (χ0v) is 17.8. The minimum Gasteiger partial charge on any atom is -0.493 e. The summed E-state index contributed by atoms with van der Waals surface area (Å²) in [6, 6.07) is 10.7. The summed E-state index contributed by atoms with van der Waals surface area (Å²) in [5.74, 6) is 1.32. The van der Waals surface area contributed by atoms with E-state index in [9.17, 15) is 4.79 Å². The van der Waals surface area contributed by atoms with Gasteiger partial charge in [0.15, 0.2) is 23.9 Å². The quantitative estimate of drug-likeness (QED) is 0.284. The molecule has 2 aromatic carbocycles. The molecule has 0 aliphatic rings. The highest BCUT2D eigenvalue weighted by molar-refractivity contribution is 9.10. The summed E-state index contributed by atoms with van der Waals surface area (Å²) >= 11 is 3.44. The van der Waals surface area contributed by atoms with Gasteiger partial charge in [0.05, 0.1) is 18.7 Å². The standard InChI is InChI=1S/C20H23BrN2O5/c1-12(2)13-5-7-16(15(21)9-13)27-11-19(24)28-23-20(22)14-6-8-17(25-3)18(10-14)26-4/h5-10,12H,11H2,1-4H3,(H2,22,23). The average molecular weight is 451 g/mol. The molecule has 0 heterocycles. The SMILES string of the molecule is COc1ccc(/C(N)=N/OC(=O)COc2ccc(C(C)C)cc2Br)cc1OC. The molecule has 0 spiro atoms. The van der Waals surface area contributed by atoms with Gasteiger partial charge in [0.1, 0.15) is 5.75 Å². The number of benzene rings is 2. The number of amidine groups is 1. The Morgan fingerprint density at radius 2 is 1.75 bits per heavy atom. The third kappa shape index (κ3) is 5.63. The Kier molecular flexibility index (Phi) is 7.69. The molecular weight excluding hydrogens is 428 g/mol. The summed E-state index contributed by atoms with van der Waals surface area (Å²) in [4.78, 5) is 16.7. The van der Waals surface area contributed by atoms with Crippen molar-refractivity contribution in [3.63, 3.8) is 0 Å². The van der Waals surface area contributed by atoms with Gasteiger partial charge in [0.25, 0.3) is 0 Å². The van der Waals surface area contributed by atoms with Gasteiger partial charge in [-0.1, -0.05) is 25.1 Å². The summed E-state index contributed by atoms with van der Waals surface area (Å²) in [6.07, 6.45) is 0. The van der Waals surface area contributed by atoms with Gasteiger partial charge >= 0.3 is 5.97 Å². The molecule has 0 aromatic heterocycles. The molecule has 0 unspecified atom stereocenters. The van der Waals surface area contributed by atoms with Crippen LogP contribution in [0.1, 0.15) is 30.9 Å². The maximum Gasteiger partial charge on any atom is 0.372 e. The van der Waals surface area contributed by atoms with Crippen molar-refractivity contribution in [2.45, 2.75) is 19.8 Å². The molecule has 7 nitrogen and oxygen atoms in total. The number of rotatable bonds is 8. The summed E-state index contributed by atoms with van der Waals surface area (Å²) in [5, 5.41) is 3.65. The summed E-state index contributed by atoms with van der Waals surface area (Å²) in [6.45, 7) is 3.89. The number of methoxy groups -OCH3 is 2. The number of nitrogens with two attached hydrogens (primary N) is 1. The van der Waals surface area contributed by atoms with Crippen molar-refractivity contribution < 1.29 is 23.8 Å². The maximum absolute atomic E-state index is 11.9. The van der Waals surface area contributed by atoms with E-state index in [2.05, 4.69) is 34.9 Å². The van der Waals surface area contributed by atoms with Crippen molar-refractivity contribution in [3.05, 3.63) is 52.0 Å². The minimum atomic E-state index is -0.678. The van der Waals surface area contributed by atoms with E-state index >= 15 is 0 Å². The Labute approximate surface area is 172 Å². The van der Waals surface area contributed by atoms with Crippen LogP contribution in [0.4, 0.5) is 0 Å². The number of hydrogen-bond donors (Lipinski definition) is 1. The highest BCUT2D eigenvalue weighted by Gasteiger charge is 2.11. The first-order valence-electron chi connectivity index (χ1n) is 8.53. The minimum absolute atomic E-state index is 0.0248. The second-order valence-corrected chi connectivity index (χ2v) is 7.00. The fraction of sp³-hybridized carbons (Fsp3) is 0.300. The lowest BCUT2D eigenvalue weighted by Gasteiger charge is -2.10. The predicted molar refractivity (Wildman–Crippen MR) is 110 cm³/mol. The molecule has 28 heavy (non-hydrogen) atoms. The first-order valence-corrected chi connectivity index (χ1v) is 9.33. The van der Waals surface area contributed by atoms with E-state index in [1.165, 1.54) is 14.2 Å². The van der Waals surface area contributed by atoms with Gasteiger partial charge in [-0.05, 0) is 57.7 Å². The van der Waals surface area contributed by atoms with Crippen LogP contribution < -0.4 is 19.9 Å². The topological polar surface area (TPSA) is 92.4 Å². The lowest BCUT2D eigenvalue weighted by atomic mass is 10.0. The molecule has 2 aromatic rings. The van der Waals surface area contributed by atoms with Crippen LogP contribution in [0.15, 0.2) is 46.0 Å². The van der Waals surface area contributed by atoms with Gasteiger partial charge in [-0.3, -0.25) is 0 Å². The summed E-state index contributed by atoms with van der Waals surface area (Å²) < 4.78 is 16.6. The molecule has 0 radical (unpaired) electrons. The smallest absolute Gasteiger partial charge is 0.372 e. The van der Waals surface area contributed by atoms with Crippen molar-refractivity contribution in [1.82, 2.24) is 0 Å². The molecule has 0 bridgehead atoms. The molecule has 0 amide bonds. The average Bonchev–Trinajstić information content (AvgIpc) is 2.70. The zero-order chi connectivity index (χ0) is 20.7. The molecule has 2 rings (SSSR count). The molecule has 0 saturated carbocycles. The monoisotopic (exact) mass is 450 g/mol. The van der Waals surface area contributed by atoms with E-state index in [-0.39, 0.29) is 12.4 Å². The summed E-state index contributed by atoms with van der Waals surface area (Å²) in [7, 11) is 3.05. The fourth-order valence-corrected chi connectivity index (χ4v) is 2.82. The lowest BCUT2D eigenvalue weighted by molar-refractivity contribution is -0.146. The second-order valence-electron chi connectivity index (χ2n) is 6.14. The van der Waals surface area contributed by atoms with Crippen molar-refractivity contribution in [2.24, 2.45) is 10.9 Å². The molecule has 0 aliphatic heterocycles. The van der Waals surface area contributed by atoms with Crippen molar-refractivity contribution in [3.8, 4) is 17.2 Å². The Balaban J connectivity index is 1.96. The Morgan fingerprint density at radius 1 is 1.07 bits per heavy atom. The van der Waals surface area contributed by atoms with Crippen molar-refractivity contribution >= 4 is 27.7 Å². The molecular formula is C20H23BrN2O5. The normalized spacial score (nSPS) is 11.3. The maximum atomic E-state index is 11.9. The fourth-order valence-electron chi connectivity index (χ4n) is 2.30. The number of oxime groups is 1. The number of ether oxygens (including phenoxy) is 3. The zero-order valence-electron chi connectivity index (χ0n) is 16.2. The Morgan fingerprint density at radius 3 is 2.36 bits per heavy atom. The van der Waals surface area contributed by atoms with Crippen LogP contribution in [-0.4, -0.2) is 32.6 Å². The molecule has 2 N–H and O–H groups in total. The van der Waals surface area contributed by atoms with Crippen LogP contribution >= 0.6 is 15.9 Å². The number of halogens is 1. The van der Waals surface area contributed by atoms with Gasteiger partial charge in [-0.25, -0.2) is 4.79 Å². The van der Waals surface area contributed by atoms with Crippen molar-refractivity contribution in [2.75, 3.05) is 20.8 Å². The Hall–Kier alpha value is -2.74. The first-order chi connectivity index (χ1) is 13.3. The molecule has 0 saturated heterocycles. The van der Waals surface area contributed by atoms with E-state index < -0.39 is 5.97 Å². The van der Waals surface area contributed by atoms with Gasteiger partial charge < -0.3 is 24.8 Å². The number of nitrogens with zero attached hydrogens (tertiary/aromatic N) is 1.